The van der Waals surface area contributed by atoms with Gasteiger partial charge in [-0.2, -0.15) is 0 Å². The van der Waals surface area contributed by atoms with Crippen molar-refractivity contribution in [3.63, 3.8) is 0 Å². The lowest BCUT2D eigenvalue weighted by molar-refractivity contribution is -0.140. The molecule has 3 aromatic rings. The third-order valence-electron chi connectivity index (χ3n) is 6.20. The summed E-state index contributed by atoms with van der Waals surface area (Å²) in [5.41, 5.74) is 1.52. The molecule has 0 radical (unpaired) electrons. The van der Waals surface area contributed by atoms with Gasteiger partial charge in [0.1, 0.15) is 24.2 Å². The van der Waals surface area contributed by atoms with Crippen molar-refractivity contribution in [1.29, 1.82) is 0 Å². The van der Waals surface area contributed by atoms with Crippen molar-refractivity contribution >= 4 is 27.5 Å². The molecule has 0 aliphatic heterocycles. The lowest BCUT2D eigenvalue weighted by Crippen LogP contribution is -2.52. The van der Waals surface area contributed by atoms with E-state index in [4.69, 9.17) is 0 Å². The minimum Gasteiger partial charge on any atom is -0.354 e. The molecule has 0 heterocycles. The highest BCUT2D eigenvalue weighted by Gasteiger charge is 2.33. The third-order valence-corrected chi connectivity index (χ3v) is 7.99. The van der Waals surface area contributed by atoms with E-state index in [1.165, 1.54) is 53.4 Å². The number of amides is 2. The molecule has 7 nitrogen and oxygen atoms in total. The minimum absolute atomic E-state index is 0.0389. The number of aryl methyl sites for hydroxylation is 1. The van der Waals surface area contributed by atoms with Gasteiger partial charge in [-0.05, 0) is 73.9 Å². The summed E-state index contributed by atoms with van der Waals surface area (Å²) in [4.78, 5) is 28.2. The maximum Gasteiger partial charge on any atom is 0.264 e. The smallest absolute Gasteiger partial charge is 0.264 e. The summed E-state index contributed by atoms with van der Waals surface area (Å²) in [5.74, 6) is -2.02. The standard InChI is InChI=1S/C29H33F2N3O4S/c1-4-18-32-29(36)27(5-2)33(19-22-8-10-23(30)11-9-22)28(35)20-34(25-14-12-24(31)13-15-25)39(37,38)26-16-6-21(3)7-17-26/h6-17,27H,4-5,18-20H2,1-3H3,(H,32,36). The molecule has 1 N–H and O–H groups in total. The maximum absolute atomic E-state index is 13.9. The number of nitrogens with zero attached hydrogens (tertiary/aromatic N) is 2. The van der Waals surface area contributed by atoms with Crippen LogP contribution >= 0.6 is 0 Å². The molecule has 39 heavy (non-hydrogen) atoms. The normalized spacial score (nSPS) is 12.0. The topological polar surface area (TPSA) is 86.8 Å². The number of sulfonamides is 1. The quantitative estimate of drug-likeness (QED) is 0.347. The Morgan fingerprint density at radius 2 is 1.44 bits per heavy atom. The predicted octanol–water partition coefficient (Wildman–Crippen LogP) is 4.80. The summed E-state index contributed by atoms with van der Waals surface area (Å²) in [6, 6.07) is 15.6. The van der Waals surface area contributed by atoms with Crippen LogP contribution < -0.4 is 9.62 Å². The zero-order valence-electron chi connectivity index (χ0n) is 22.2. The van der Waals surface area contributed by atoms with Crippen molar-refractivity contribution in [1.82, 2.24) is 10.2 Å². The van der Waals surface area contributed by atoms with E-state index in [0.29, 0.717) is 18.5 Å². The summed E-state index contributed by atoms with van der Waals surface area (Å²) in [5, 5.41) is 2.80. The summed E-state index contributed by atoms with van der Waals surface area (Å²) in [6.07, 6.45) is 0.963. The van der Waals surface area contributed by atoms with Crippen molar-refractivity contribution in [2.75, 3.05) is 17.4 Å². The number of nitrogens with one attached hydrogen (secondary N) is 1. The summed E-state index contributed by atoms with van der Waals surface area (Å²) >= 11 is 0. The van der Waals surface area contributed by atoms with Crippen molar-refractivity contribution in [3.8, 4) is 0 Å². The Hall–Kier alpha value is -3.79. The Bertz CT molecular complexity index is 1360. The second-order valence-electron chi connectivity index (χ2n) is 9.16. The molecule has 0 bridgehead atoms. The van der Waals surface area contributed by atoms with E-state index in [-0.39, 0.29) is 29.5 Å². The monoisotopic (exact) mass is 557 g/mol. The van der Waals surface area contributed by atoms with Crippen LogP contribution in [0.5, 0.6) is 0 Å². The highest BCUT2D eigenvalue weighted by molar-refractivity contribution is 7.92. The molecule has 0 aromatic heterocycles. The number of anilines is 1. The van der Waals surface area contributed by atoms with E-state index >= 15 is 0 Å². The molecule has 3 rings (SSSR count). The molecule has 3 aromatic carbocycles. The van der Waals surface area contributed by atoms with Crippen LogP contribution in [0.3, 0.4) is 0 Å². The number of carbonyl (C=O) groups is 2. The first-order valence-electron chi connectivity index (χ1n) is 12.7. The average Bonchev–Trinajstić information content (AvgIpc) is 2.92. The number of carbonyl (C=O) groups excluding carboxylic acids is 2. The van der Waals surface area contributed by atoms with E-state index in [2.05, 4.69) is 5.32 Å². The van der Waals surface area contributed by atoms with Crippen LogP contribution in [-0.4, -0.2) is 44.3 Å². The average molecular weight is 558 g/mol. The van der Waals surface area contributed by atoms with Gasteiger partial charge in [-0.15, -0.1) is 0 Å². The van der Waals surface area contributed by atoms with Gasteiger partial charge in [0.15, 0.2) is 0 Å². The van der Waals surface area contributed by atoms with Crippen LogP contribution in [0.25, 0.3) is 0 Å². The molecule has 10 heteroatoms. The molecule has 0 spiro atoms. The van der Waals surface area contributed by atoms with Crippen LogP contribution in [0, 0.1) is 18.6 Å². The molecular formula is C29H33F2N3O4S. The highest BCUT2D eigenvalue weighted by Crippen LogP contribution is 2.25. The lowest BCUT2D eigenvalue weighted by atomic mass is 10.1. The highest BCUT2D eigenvalue weighted by atomic mass is 32.2. The van der Waals surface area contributed by atoms with Gasteiger partial charge >= 0.3 is 0 Å². The predicted molar refractivity (Wildman–Crippen MR) is 146 cm³/mol. The van der Waals surface area contributed by atoms with Gasteiger partial charge in [0.05, 0.1) is 10.6 Å². The summed E-state index contributed by atoms with van der Waals surface area (Å²) in [7, 11) is -4.24. The minimum atomic E-state index is -4.24. The lowest BCUT2D eigenvalue weighted by Gasteiger charge is -2.33. The zero-order chi connectivity index (χ0) is 28.6. The summed E-state index contributed by atoms with van der Waals surface area (Å²) < 4.78 is 55.6. The Kier molecular flexibility index (Phi) is 10.2. The summed E-state index contributed by atoms with van der Waals surface area (Å²) in [6.45, 7) is 5.21. The van der Waals surface area contributed by atoms with Gasteiger partial charge in [-0.25, -0.2) is 17.2 Å². The second kappa shape index (κ2) is 13.3. The van der Waals surface area contributed by atoms with Gasteiger partial charge in [0.2, 0.25) is 11.8 Å². The molecule has 0 aliphatic rings. The first-order valence-corrected chi connectivity index (χ1v) is 14.2. The fraction of sp³-hybridized carbons (Fsp3) is 0.310. The Morgan fingerprint density at radius 3 is 1.97 bits per heavy atom. The molecule has 208 valence electrons. The first-order chi connectivity index (χ1) is 18.6. The first kappa shape index (κ1) is 29.8. The fourth-order valence-electron chi connectivity index (χ4n) is 4.05. The molecule has 0 fully saturated rings. The van der Waals surface area contributed by atoms with E-state index in [1.54, 1.807) is 19.1 Å². The third kappa shape index (κ3) is 7.63. The van der Waals surface area contributed by atoms with Gasteiger partial charge < -0.3 is 10.2 Å². The molecule has 0 saturated heterocycles. The van der Waals surface area contributed by atoms with Gasteiger partial charge in [0.25, 0.3) is 10.0 Å². The maximum atomic E-state index is 13.9. The van der Waals surface area contributed by atoms with Crippen molar-refractivity contribution in [2.45, 2.75) is 51.1 Å². The van der Waals surface area contributed by atoms with E-state index in [0.717, 1.165) is 22.0 Å². The Labute approximate surface area is 228 Å². The molecule has 0 saturated carbocycles. The molecular weight excluding hydrogens is 524 g/mol. The second-order valence-corrected chi connectivity index (χ2v) is 11.0. The zero-order valence-corrected chi connectivity index (χ0v) is 23.0. The number of benzene rings is 3. The largest absolute Gasteiger partial charge is 0.354 e. The molecule has 1 unspecified atom stereocenters. The van der Waals surface area contributed by atoms with Crippen LogP contribution in [0.2, 0.25) is 0 Å². The van der Waals surface area contributed by atoms with Crippen LogP contribution in [0.4, 0.5) is 14.5 Å². The molecule has 0 aliphatic carbocycles. The van der Waals surface area contributed by atoms with Gasteiger partial charge in [-0.3, -0.25) is 13.9 Å². The number of hydrogen-bond acceptors (Lipinski definition) is 4. The Balaban J connectivity index is 2.03. The Morgan fingerprint density at radius 1 is 0.872 bits per heavy atom. The van der Waals surface area contributed by atoms with Gasteiger partial charge in [-0.1, -0.05) is 43.7 Å². The van der Waals surface area contributed by atoms with E-state index in [9.17, 15) is 26.8 Å². The van der Waals surface area contributed by atoms with Crippen molar-refractivity contribution in [2.24, 2.45) is 0 Å². The van der Waals surface area contributed by atoms with E-state index in [1.807, 2.05) is 13.8 Å². The number of rotatable bonds is 12. The number of hydrogen-bond donors (Lipinski definition) is 1. The fourth-order valence-corrected chi connectivity index (χ4v) is 5.46. The number of halogens is 2. The van der Waals surface area contributed by atoms with Crippen LogP contribution in [0.15, 0.2) is 77.7 Å². The van der Waals surface area contributed by atoms with Crippen molar-refractivity contribution < 1.29 is 26.8 Å². The van der Waals surface area contributed by atoms with E-state index < -0.39 is 40.2 Å². The SMILES string of the molecule is CCCNC(=O)C(CC)N(Cc1ccc(F)cc1)C(=O)CN(c1ccc(F)cc1)S(=O)(=O)c1ccc(C)cc1. The molecule has 1 atom stereocenters. The van der Waals surface area contributed by atoms with Crippen LogP contribution in [0.1, 0.15) is 37.8 Å². The molecule has 2 amide bonds. The van der Waals surface area contributed by atoms with Crippen LogP contribution in [-0.2, 0) is 26.2 Å². The van der Waals surface area contributed by atoms with Gasteiger partial charge in [0, 0.05) is 13.1 Å². The van der Waals surface area contributed by atoms with Crippen molar-refractivity contribution in [3.05, 3.63) is 95.6 Å².